The van der Waals surface area contributed by atoms with E-state index in [0.717, 1.165) is 0 Å². The smallest absolute Gasteiger partial charge is 0.790 e. The van der Waals surface area contributed by atoms with Gasteiger partial charge in [0.25, 0.3) is 0 Å². The molecule has 0 spiro atoms. The number of carbonyl (C=O) groups is 1. The molecule has 16 heteroatoms. The van der Waals surface area contributed by atoms with E-state index < -0.39 is 53.0 Å². The second-order valence-electron chi connectivity index (χ2n) is 3.43. The summed E-state index contributed by atoms with van der Waals surface area (Å²) in [5.74, 6) is -1.48. The summed E-state index contributed by atoms with van der Waals surface area (Å²) in [4.78, 5) is 51.4. The van der Waals surface area contributed by atoms with Crippen LogP contribution in [0.4, 0.5) is 0 Å². The van der Waals surface area contributed by atoms with Gasteiger partial charge in [0.1, 0.15) is 24.9 Å². The number of Topliss-reactive ketones (excluding diaryl/α,β-unsaturated/α-hetero) is 1. The fourth-order valence-electron chi connectivity index (χ4n) is 0.895. The van der Waals surface area contributed by atoms with Crippen molar-refractivity contribution in [1.82, 2.24) is 0 Å². The number of phosphoric ester groups is 2. The van der Waals surface area contributed by atoms with E-state index in [-0.39, 0.29) is 39.0 Å². The Hall–Kier alpha value is 1.02. The van der Waals surface area contributed by atoms with Gasteiger partial charge >= 0.3 is 39.0 Å². The van der Waals surface area contributed by atoms with E-state index in [1.165, 1.54) is 0 Å². The van der Waals surface area contributed by atoms with Crippen LogP contribution in [0.15, 0.2) is 0 Å². The van der Waals surface area contributed by atoms with Crippen LogP contribution in [-0.4, -0.2) is 52.6 Å². The number of aliphatic hydroxyl groups is 3. The van der Waals surface area contributed by atoms with Crippen molar-refractivity contribution in [2.75, 3.05) is 13.2 Å². The number of ketones is 1. The molecule has 0 saturated heterocycles. The van der Waals surface area contributed by atoms with Gasteiger partial charge in [-0.1, -0.05) is 0 Å². The molecule has 0 bridgehead atoms. The van der Waals surface area contributed by atoms with Crippen molar-refractivity contribution in [3.05, 3.63) is 0 Å². The summed E-state index contributed by atoms with van der Waals surface area (Å²) in [5, 5.41) is 27.5. The van der Waals surface area contributed by atoms with Crippen LogP contribution in [0.5, 0.6) is 0 Å². The standard InChI is InChI=1S/C6H14O12P2.2Zn/c7-3(1-17-19(11,12)13)5(9)6(10)4(8)2-18-20(14,15)16;;/h3,5-7,9-10H,1-2H2,(H2,11,12,13)(H2,14,15,16);;/q;2*+2/p-4/t3-,5-,6-;;/m1../s1. The molecule has 0 rings (SSSR count). The molecule has 0 unspecified atom stereocenters. The summed E-state index contributed by atoms with van der Waals surface area (Å²) in [6.07, 6.45) is -6.83. The minimum absolute atomic E-state index is 0. The van der Waals surface area contributed by atoms with E-state index in [2.05, 4.69) is 9.05 Å². The van der Waals surface area contributed by atoms with Crippen LogP contribution in [0.1, 0.15) is 0 Å². The number of rotatable bonds is 9. The number of hydrogen-bond donors (Lipinski definition) is 3. The first-order valence-corrected chi connectivity index (χ1v) is 7.65. The molecule has 0 aromatic carbocycles. The molecule has 0 radical (unpaired) electrons. The second kappa shape index (κ2) is 11.6. The van der Waals surface area contributed by atoms with Crippen LogP contribution in [0, 0.1) is 0 Å². The summed E-state index contributed by atoms with van der Waals surface area (Å²) < 4.78 is 27.3. The molecule has 0 aliphatic rings. The molecule has 3 atom stereocenters. The van der Waals surface area contributed by atoms with Crippen LogP contribution in [-0.2, 0) is 61.9 Å². The van der Waals surface area contributed by atoms with Gasteiger partial charge in [0.05, 0.1) is 22.3 Å². The molecule has 0 aromatic rings. The first-order valence-electron chi connectivity index (χ1n) is 4.73. The van der Waals surface area contributed by atoms with Gasteiger partial charge in [-0.05, 0) is 0 Å². The fraction of sp³-hybridized carbons (Fsp3) is 0.833. The maximum absolute atomic E-state index is 11.1. The average molecular weight is 467 g/mol. The fourth-order valence-corrected chi connectivity index (χ4v) is 1.52. The van der Waals surface area contributed by atoms with Crippen molar-refractivity contribution in [2.45, 2.75) is 18.3 Å². The minimum Gasteiger partial charge on any atom is -0.790 e. The second-order valence-corrected chi connectivity index (χ2v) is 5.74. The monoisotopic (exact) mass is 464 g/mol. The van der Waals surface area contributed by atoms with E-state index in [1.54, 1.807) is 0 Å². The number of hydrogen-bond acceptors (Lipinski definition) is 12. The van der Waals surface area contributed by atoms with Crippen molar-refractivity contribution in [1.29, 1.82) is 0 Å². The molecule has 0 aromatic heterocycles. The topological polar surface area (TPSA) is 223 Å². The molecule has 0 aliphatic carbocycles. The summed E-state index contributed by atoms with van der Waals surface area (Å²) in [6, 6.07) is 0. The summed E-state index contributed by atoms with van der Waals surface area (Å²) >= 11 is 0. The molecule has 3 N–H and O–H groups in total. The molecule has 0 amide bonds. The largest absolute Gasteiger partial charge is 2.00 e. The predicted molar refractivity (Wildman–Crippen MR) is 50.1 cm³/mol. The predicted octanol–water partition coefficient (Wildman–Crippen LogP) is -5.68. The zero-order valence-corrected chi connectivity index (χ0v) is 18.7. The minimum atomic E-state index is -5.47. The third-order valence-electron chi connectivity index (χ3n) is 1.82. The third-order valence-corrected chi connectivity index (χ3v) is 2.73. The van der Waals surface area contributed by atoms with Crippen LogP contribution in [0.3, 0.4) is 0 Å². The summed E-state index contributed by atoms with van der Waals surface area (Å²) in [6.45, 7) is -2.63. The van der Waals surface area contributed by atoms with Gasteiger partial charge in [-0.3, -0.25) is 4.79 Å². The SMILES string of the molecule is O=C(COP(=O)([O-])[O-])[C@@H](O)[C@H](O)[C@H](O)COP(=O)([O-])[O-].[Zn+2].[Zn+2]. The van der Waals surface area contributed by atoms with Crippen LogP contribution in [0.25, 0.3) is 0 Å². The van der Waals surface area contributed by atoms with E-state index in [9.17, 15) is 38.6 Å². The zero-order valence-electron chi connectivity index (χ0n) is 11.0. The van der Waals surface area contributed by atoms with Crippen LogP contribution in [0.2, 0.25) is 0 Å². The van der Waals surface area contributed by atoms with Gasteiger partial charge in [-0.25, -0.2) is 0 Å². The van der Waals surface area contributed by atoms with Crippen molar-refractivity contribution in [2.24, 2.45) is 0 Å². The summed E-state index contributed by atoms with van der Waals surface area (Å²) in [5.41, 5.74) is 0. The summed E-state index contributed by atoms with van der Waals surface area (Å²) in [7, 11) is -10.9. The Kier molecular flexibility index (Phi) is 14.6. The molecular weight excluding hydrogens is 457 g/mol. The molecule has 0 fully saturated rings. The number of aliphatic hydroxyl groups excluding tert-OH is 3. The Morgan fingerprint density at radius 1 is 0.955 bits per heavy atom. The maximum Gasteiger partial charge on any atom is 2.00 e. The first-order chi connectivity index (χ1) is 8.83. The molecule has 0 saturated carbocycles. The Morgan fingerprint density at radius 2 is 1.36 bits per heavy atom. The van der Waals surface area contributed by atoms with Crippen LogP contribution >= 0.6 is 15.6 Å². The first kappa shape index (κ1) is 27.8. The maximum atomic E-state index is 11.1. The Balaban J connectivity index is -0.00000180. The molecular formula is C6H10O12P2Zn2. The van der Waals surface area contributed by atoms with Crippen molar-refractivity contribution < 1.29 is 96.8 Å². The third kappa shape index (κ3) is 13.5. The molecule has 12 nitrogen and oxygen atoms in total. The van der Waals surface area contributed by atoms with E-state index in [1.807, 2.05) is 0 Å². The van der Waals surface area contributed by atoms with Gasteiger partial charge < -0.3 is 53.1 Å². The van der Waals surface area contributed by atoms with E-state index >= 15 is 0 Å². The molecule has 22 heavy (non-hydrogen) atoms. The van der Waals surface area contributed by atoms with E-state index in [4.69, 9.17) is 10.2 Å². The van der Waals surface area contributed by atoms with E-state index in [0.29, 0.717) is 0 Å². The van der Waals surface area contributed by atoms with Gasteiger partial charge in [0, 0.05) is 0 Å². The Bertz CT molecular complexity index is 420. The number of carbonyl (C=O) groups excluding carboxylic acids is 1. The average Bonchev–Trinajstić information content (AvgIpc) is 2.29. The normalized spacial score (nSPS) is 16.0. The quantitative estimate of drug-likeness (QED) is 0.213. The van der Waals surface area contributed by atoms with Crippen molar-refractivity contribution in [3.8, 4) is 0 Å². The van der Waals surface area contributed by atoms with Crippen molar-refractivity contribution in [3.63, 3.8) is 0 Å². The van der Waals surface area contributed by atoms with Gasteiger partial charge in [-0.2, -0.15) is 0 Å². The van der Waals surface area contributed by atoms with Gasteiger partial charge in [0.15, 0.2) is 5.78 Å². The Morgan fingerprint density at radius 3 is 1.73 bits per heavy atom. The van der Waals surface area contributed by atoms with Gasteiger partial charge in [-0.15, -0.1) is 0 Å². The molecule has 0 aliphatic heterocycles. The van der Waals surface area contributed by atoms with Crippen LogP contribution < -0.4 is 19.6 Å². The van der Waals surface area contributed by atoms with Crippen molar-refractivity contribution >= 4 is 21.4 Å². The van der Waals surface area contributed by atoms with Gasteiger partial charge in [0.2, 0.25) is 0 Å². The zero-order chi connectivity index (χ0) is 16.1. The molecule has 120 valence electrons. The molecule has 0 heterocycles. The Labute approximate surface area is 149 Å². The number of phosphoric acid groups is 2.